The lowest BCUT2D eigenvalue weighted by atomic mass is 10.00. The fourth-order valence-corrected chi connectivity index (χ4v) is 2.12. The Balaban J connectivity index is 2.44. The molecule has 0 heterocycles. The number of carbonyl (C=O) groups excluding carboxylic acids is 1. The van der Waals surface area contributed by atoms with Gasteiger partial charge in [0, 0.05) is 23.4 Å². The second kappa shape index (κ2) is 7.90. The molecule has 0 spiro atoms. The highest BCUT2D eigenvalue weighted by Gasteiger charge is 2.16. The molecule has 1 amide bonds. The van der Waals surface area contributed by atoms with Gasteiger partial charge >= 0.3 is 5.97 Å². The van der Waals surface area contributed by atoms with Crippen molar-refractivity contribution >= 4 is 23.5 Å². The molecule has 20 heavy (non-hydrogen) atoms. The van der Waals surface area contributed by atoms with E-state index in [0.717, 1.165) is 5.56 Å². The maximum atomic E-state index is 12.0. The average molecular weight is 298 g/mol. The van der Waals surface area contributed by atoms with Crippen LogP contribution in [0.25, 0.3) is 0 Å². The molecule has 0 saturated carbocycles. The molecule has 110 valence electrons. The van der Waals surface area contributed by atoms with Crippen LogP contribution < -0.4 is 5.32 Å². The number of halogens is 1. The van der Waals surface area contributed by atoms with Gasteiger partial charge in [-0.3, -0.25) is 9.59 Å². The van der Waals surface area contributed by atoms with Gasteiger partial charge in [0.15, 0.2) is 0 Å². The summed E-state index contributed by atoms with van der Waals surface area (Å²) in [6, 6.07) is 7.30. The third-order valence-corrected chi connectivity index (χ3v) is 3.29. The van der Waals surface area contributed by atoms with Crippen molar-refractivity contribution in [3.05, 3.63) is 34.9 Å². The zero-order chi connectivity index (χ0) is 15.1. The first-order valence-electron chi connectivity index (χ1n) is 6.65. The fourth-order valence-electron chi connectivity index (χ4n) is 1.91. The van der Waals surface area contributed by atoms with Gasteiger partial charge in [-0.2, -0.15) is 0 Å². The summed E-state index contributed by atoms with van der Waals surface area (Å²) in [5.74, 6) is -1.10. The Morgan fingerprint density at radius 2 is 2.05 bits per heavy atom. The Kier molecular flexibility index (Phi) is 6.52. The zero-order valence-corrected chi connectivity index (χ0v) is 12.5. The summed E-state index contributed by atoms with van der Waals surface area (Å²) in [5.41, 5.74) is 1.01. The lowest BCUT2D eigenvalue weighted by molar-refractivity contribution is -0.137. The SMILES string of the molecule is CC(CCC(=O)O)NC(=O)C(C)Cc1cccc(Cl)c1. The van der Waals surface area contributed by atoms with Gasteiger partial charge in [-0.1, -0.05) is 30.7 Å². The first-order valence-corrected chi connectivity index (χ1v) is 7.03. The van der Waals surface area contributed by atoms with E-state index in [4.69, 9.17) is 16.7 Å². The highest BCUT2D eigenvalue weighted by molar-refractivity contribution is 6.30. The van der Waals surface area contributed by atoms with Crippen molar-refractivity contribution in [2.24, 2.45) is 5.92 Å². The maximum Gasteiger partial charge on any atom is 0.303 e. The van der Waals surface area contributed by atoms with Gasteiger partial charge in [0.05, 0.1) is 0 Å². The first-order chi connectivity index (χ1) is 9.38. The summed E-state index contributed by atoms with van der Waals surface area (Å²) in [5, 5.41) is 12.1. The van der Waals surface area contributed by atoms with Crippen molar-refractivity contribution in [1.29, 1.82) is 0 Å². The number of rotatable bonds is 7. The second-order valence-corrected chi connectivity index (χ2v) is 5.51. The van der Waals surface area contributed by atoms with Crippen LogP contribution >= 0.6 is 11.6 Å². The van der Waals surface area contributed by atoms with Crippen LogP contribution in [0.5, 0.6) is 0 Å². The number of carboxylic acids is 1. The first kappa shape index (κ1) is 16.5. The predicted octanol–water partition coefficient (Wildman–Crippen LogP) is 2.89. The molecule has 0 aliphatic rings. The number of carbonyl (C=O) groups is 2. The molecule has 0 saturated heterocycles. The summed E-state index contributed by atoms with van der Waals surface area (Å²) in [6.45, 7) is 3.66. The van der Waals surface area contributed by atoms with Crippen molar-refractivity contribution < 1.29 is 14.7 Å². The van der Waals surface area contributed by atoms with E-state index in [2.05, 4.69) is 5.32 Å². The number of hydrogen-bond donors (Lipinski definition) is 2. The average Bonchev–Trinajstić information content (AvgIpc) is 2.36. The fraction of sp³-hybridized carbons (Fsp3) is 0.467. The highest BCUT2D eigenvalue weighted by Crippen LogP contribution is 2.14. The second-order valence-electron chi connectivity index (χ2n) is 5.08. The summed E-state index contributed by atoms with van der Waals surface area (Å²) < 4.78 is 0. The Labute approximate surface area is 124 Å². The third kappa shape index (κ3) is 6.06. The molecule has 1 rings (SSSR count). The maximum absolute atomic E-state index is 12.0. The van der Waals surface area contributed by atoms with E-state index in [0.29, 0.717) is 17.9 Å². The van der Waals surface area contributed by atoms with Crippen LogP contribution in [0, 0.1) is 5.92 Å². The van der Waals surface area contributed by atoms with Crippen LogP contribution in [0.2, 0.25) is 5.02 Å². The largest absolute Gasteiger partial charge is 0.481 e. The minimum absolute atomic E-state index is 0.0596. The summed E-state index contributed by atoms with van der Waals surface area (Å²) in [6.07, 6.45) is 1.10. The monoisotopic (exact) mass is 297 g/mol. The minimum atomic E-state index is -0.849. The molecule has 0 aromatic heterocycles. The van der Waals surface area contributed by atoms with E-state index in [-0.39, 0.29) is 24.3 Å². The van der Waals surface area contributed by atoms with E-state index < -0.39 is 5.97 Å². The molecular weight excluding hydrogens is 278 g/mol. The summed E-state index contributed by atoms with van der Waals surface area (Å²) >= 11 is 5.91. The molecule has 5 heteroatoms. The van der Waals surface area contributed by atoms with Crippen LogP contribution in [0.15, 0.2) is 24.3 Å². The Hall–Kier alpha value is -1.55. The van der Waals surface area contributed by atoms with E-state index >= 15 is 0 Å². The van der Waals surface area contributed by atoms with Gasteiger partial charge in [0.25, 0.3) is 0 Å². The molecule has 2 atom stereocenters. The predicted molar refractivity (Wildman–Crippen MR) is 78.8 cm³/mol. The molecule has 1 aromatic rings. The van der Waals surface area contributed by atoms with Crippen molar-refractivity contribution in [2.45, 2.75) is 39.2 Å². The third-order valence-electron chi connectivity index (χ3n) is 3.06. The summed E-state index contributed by atoms with van der Waals surface area (Å²) in [4.78, 5) is 22.5. The molecule has 0 radical (unpaired) electrons. The van der Waals surface area contributed by atoms with Crippen LogP contribution in [-0.4, -0.2) is 23.0 Å². The van der Waals surface area contributed by atoms with Crippen LogP contribution in [0.3, 0.4) is 0 Å². The smallest absolute Gasteiger partial charge is 0.303 e. The highest BCUT2D eigenvalue weighted by atomic mass is 35.5. The molecular formula is C15H20ClNO3. The molecule has 4 nitrogen and oxygen atoms in total. The number of benzene rings is 1. The molecule has 0 fully saturated rings. The standard InChI is InChI=1S/C15H20ClNO3/c1-10(8-12-4-3-5-13(16)9-12)15(20)17-11(2)6-7-14(18)19/h3-5,9-11H,6-8H2,1-2H3,(H,17,20)(H,18,19). The van der Waals surface area contributed by atoms with E-state index in [1.165, 1.54) is 0 Å². The number of hydrogen-bond acceptors (Lipinski definition) is 2. The van der Waals surface area contributed by atoms with Crippen molar-refractivity contribution in [3.8, 4) is 0 Å². The Morgan fingerprint density at radius 1 is 1.35 bits per heavy atom. The Morgan fingerprint density at radius 3 is 2.65 bits per heavy atom. The van der Waals surface area contributed by atoms with Gasteiger partial charge in [-0.25, -0.2) is 0 Å². The van der Waals surface area contributed by atoms with E-state index in [1.807, 2.05) is 32.0 Å². The zero-order valence-electron chi connectivity index (χ0n) is 11.7. The Bertz CT molecular complexity index is 476. The van der Waals surface area contributed by atoms with Gasteiger partial charge in [0.2, 0.25) is 5.91 Å². The molecule has 2 N–H and O–H groups in total. The van der Waals surface area contributed by atoms with Gasteiger partial charge < -0.3 is 10.4 Å². The van der Waals surface area contributed by atoms with Crippen LogP contribution in [0.1, 0.15) is 32.3 Å². The van der Waals surface area contributed by atoms with E-state index in [9.17, 15) is 9.59 Å². The van der Waals surface area contributed by atoms with E-state index in [1.54, 1.807) is 6.07 Å². The molecule has 0 bridgehead atoms. The van der Waals surface area contributed by atoms with Gasteiger partial charge in [-0.15, -0.1) is 0 Å². The number of amides is 1. The lowest BCUT2D eigenvalue weighted by Crippen LogP contribution is -2.37. The molecule has 0 aliphatic carbocycles. The molecule has 0 aliphatic heterocycles. The summed E-state index contributed by atoms with van der Waals surface area (Å²) in [7, 11) is 0. The normalized spacial score (nSPS) is 13.6. The van der Waals surface area contributed by atoms with Crippen molar-refractivity contribution in [1.82, 2.24) is 5.32 Å². The lowest BCUT2D eigenvalue weighted by Gasteiger charge is -2.17. The quantitative estimate of drug-likeness (QED) is 0.813. The number of aliphatic carboxylic acids is 1. The minimum Gasteiger partial charge on any atom is -0.481 e. The van der Waals surface area contributed by atoms with Gasteiger partial charge in [-0.05, 0) is 37.5 Å². The van der Waals surface area contributed by atoms with Gasteiger partial charge in [0.1, 0.15) is 0 Å². The van der Waals surface area contributed by atoms with Crippen LogP contribution in [-0.2, 0) is 16.0 Å². The van der Waals surface area contributed by atoms with Crippen molar-refractivity contribution in [2.75, 3.05) is 0 Å². The number of carboxylic acid groups (broad SMARTS) is 1. The van der Waals surface area contributed by atoms with Crippen LogP contribution in [0.4, 0.5) is 0 Å². The topological polar surface area (TPSA) is 66.4 Å². The molecule has 1 aromatic carbocycles. The van der Waals surface area contributed by atoms with Crippen molar-refractivity contribution in [3.63, 3.8) is 0 Å². The molecule has 2 unspecified atom stereocenters. The number of nitrogens with one attached hydrogen (secondary N) is 1.